The zero-order valence-electron chi connectivity index (χ0n) is 25.0. The third-order valence-electron chi connectivity index (χ3n) is 8.58. The summed E-state index contributed by atoms with van der Waals surface area (Å²) in [5.74, 6) is -1.10. The molecule has 3 aliphatic rings. The van der Waals surface area contributed by atoms with Gasteiger partial charge in [0.2, 0.25) is 17.6 Å². The van der Waals surface area contributed by atoms with Crippen LogP contribution in [-0.4, -0.2) is 72.3 Å². The van der Waals surface area contributed by atoms with Crippen molar-refractivity contribution in [1.82, 2.24) is 20.9 Å². The molecule has 40 heavy (non-hydrogen) atoms. The molecule has 0 spiro atoms. The average Bonchev–Trinajstić information content (AvgIpc) is 3.60. The molecule has 4 amide bonds. The number of nitrogens with one attached hydrogen (secondary N) is 3. The third kappa shape index (κ3) is 7.04. The topological polar surface area (TPSA) is 134 Å². The van der Waals surface area contributed by atoms with Crippen LogP contribution in [0.25, 0.3) is 0 Å². The molecule has 224 valence electrons. The number of likely N-dealkylation sites (tertiary alicyclic amines) is 1. The zero-order chi connectivity index (χ0) is 29.8. The van der Waals surface area contributed by atoms with E-state index in [1.807, 2.05) is 41.5 Å². The lowest BCUT2D eigenvalue weighted by Crippen LogP contribution is -2.60. The standard InChI is InChI=1S/C30H48N4O6/c1-8-10-21(24(35)27(37)31-13-9-2)32-26(36)23-22-19-12-11-18(14-19)20(22)15-34(23)28(38)25(30(5,6)7)33-29(39)40-16-17(3)4/h9,17-23,25H,2,8,10-16H2,1,3-7H3,(H,31,37)(H,32,36)(H,33,39)/t18?,19?,20?,21?,22?,23?,25-/m1/s1. The third-order valence-corrected chi connectivity index (χ3v) is 8.58. The van der Waals surface area contributed by atoms with Crippen LogP contribution in [0.15, 0.2) is 12.7 Å². The Morgan fingerprint density at radius 3 is 2.35 bits per heavy atom. The number of carbonyl (C=O) groups excluding carboxylic acids is 5. The van der Waals surface area contributed by atoms with Gasteiger partial charge in [0.1, 0.15) is 12.1 Å². The summed E-state index contributed by atoms with van der Waals surface area (Å²) < 4.78 is 5.31. The van der Waals surface area contributed by atoms with Crippen molar-refractivity contribution in [1.29, 1.82) is 0 Å². The highest BCUT2D eigenvalue weighted by Crippen LogP contribution is 2.57. The number of hydrogen-bond acceptors (Lipinski definition) is 6. The van der Waals surface area contributed by atoms with Crippen LogP contribution in [0.5, 0.6) is 0 Å². The molecule has 3 rings (SSSR count). The number of amides is 4. The van der Waals surface area contributed by atoms with Crippen molar-refractivity contribution >= 4 is 29.6 Å². The highest BCUT2D eigenvalue weighted by atomic mass is 16.5. The summed E-state index contributed by atoms with van der Waals surface area (Å²) in [4.78, 5) is 67.7. The van der Waals surface area contributed by atoms with Crippen molar-refractivity contribution in [2.75, 3.05) is 19.7 Å². The van der Waals surface area contributed by atoms with Crippen LogP contribution >= 0.6 is 0 Å². The number of carbonyl (C=O) groups is 5. The van der Waals surface area contributed by atoms with E-state index in [1.165, 1.54) is 6.08 Å². The Morgan fingerprint density at radius 2 is 1.75 bits per heavy atom. The van der Waals surface area contributed by atoms with Gasteiger partial charge in [-0.1, -0.05) is 54.0 Å². The first-order valence-corrected chi connectivity index (χ1v) is 14.8. The lowest BCUT2D eigenvalue weighted by atomic mass is 9.78. The quantitative estimate of drug-likeness (QED) is 0.248. The second-order valence-electron chi connectivity index (χ2n) is 13.2. The lowest BCUT2D eigenvalue weighted by Gasteiger charge is -2.37. The van der Waals surface area contributed by atoms with Gasteiger partial charge in [0.05, 0.1) is 12.6 Å². The van der Waals surface area contributed by atoms with Crippen molar-refractivity contribution in [2.24, 2.45) is 35.0 Å². The van der Waals surface area contributed by atoms with Crippen LogP contribution in [0, 0.1) is 35.0 Å². The van der Waals surface area contributed by atoms with E-state index in [2.05, 4.69) is 22.5 Å². The van der Waals surface area contributed by atoms with E-state index < -0.39 is 47.2 Å². The molecular weight excluding hydrogens is 512 g/mol. The number of fused-ring (bicyclic) bond motifs is 5. The summed E-state index contributed by atoms with van der Waals surface area (Å²) in [6.45, 7) is 15.7. The average molecular weight is 561 g/mol. The predicted molar refractivity (Wildman–Crippen MR) is 151 cm³/mol. The van der Waals surface area contributed by atoms with E-state index in [4.69, 9.17) is 4.74 Å². The fraction of sp³-hybridized carbons (Fsp3) is 0.767. The van der Waals surface area contributed by atoms with E-state index in [0.717, 1.165) is 19.3 Å². The first kappa shape index (κ1) is 31.6. The molecule has 2 saturated carbocycles. The van der Waals surface area contributed by atoms with Crippen LogP contribution in [0.2, 0.25) is 0 Å². The van der Waals surface area contributed by atoms with Crippen molar-refractivity contribution in [2.45, 2.75) is 91.8 Å². The SMILES string of the molecule is C=CCNC(=O)C(=O)C(CCC)NC(=O)C1C2C3CCC(C3)C2CN1C(=O)[C@@H](NC(=O)OCC(C)C)C(C)(C)C. The Morgan fingerprint density at radius 1 is 1.07 bits per heavy atom. The largest absolute Gasteiger partial charge is 0.449 e. The molecule has 3 fully saturated rings. The van der Waals surface area contributed by atoms with E-state index in [1.54, 1.807) is 4.90 Å². The van der Waals surface area contributed by atoms with Crippen molar-refractivity contribution < 1.29 is 28.7 Å². The molecule has 1 aliphatic heterocycles. The highest BCUT2D eigenvalue weighted by molar-refractivity contribution is 6.38. The molecule has 0 aromatic rings. The van der Waals surface area contributed by atoms with E-state index in [0.29, 0.717) is 31.2 Å². The smallest absolute Gasteiger partial charge is 0.407 e. The van der Waals surface area contributed by atoms with Crippen molar-refractivity contribution in [3.8, 4) is 0 Å². The van der Waals surface area contributed by atoms with Gasteiger partial charge in [-0.15, -0.1) is 6.58 Å². The van der Waals surface area contributed by atoms with Gasteiger partial charge in [0.25, 0.3) is 5.91 Å². The molecule has 10 heteroatoms. The summed E-state index contributed by atoms with van der Waals surface area (Å²) in [7, 11) is 0. The maximum Gasteiger partial charge on any atom is 0.407 e. The Balaban J connectivity index is 1.86. The fourth-order valence-electron chi connectivity index (χ4n) is 6.75. The van der Waals surface area contributed by atoms with Crippen LogP contribution in [0.3, 0.4) is 0 Å². The van der Waals surface area contributed by atoms with Gasteiger partial charge in [0, 0.05) is 13.1 Å². The van der Waals surface area contributed by atoms with Crippen molar-refractivity contribution in [3.05, 3.63) is 12.7 Å². The molecule has 7 atom stereocenters. The first-order chi connectivity index (χ1) is 18.8. The van der Waals surface area contributed by atoms with Crippen LogP contribution < -0.4 is 16.0 Å². The summed E-state index contributed by atoms with van der Waals surface area (Å²) >= 11 is 0. The Bertz CT molecular complexity index is 989. The van der Waals surface area contributed by atoms with Crippen LogP contribution in [0.4, 0.5) is 4.79 Å². The van der Waals surface area contributed by atoms with Gasteiger partial charge < -0.3 is 25.6 Å². The van der Waals surface area contributed by atoms with Gasteiger partial charge in [0.15, 0.2) is 0 Å². The Hall–Kier alpha value is -2.91. The van der Waals surface area contributed by atoms with Crippen LogP contribution in [0.1, 0.15) is 73.6 Å². The molecule has 3 N–H and O–H groups in total. The first-order valence-electron chi connectivity index (χ1n) is 14.8. The van der Waals surface area contributed by atoms with Gasteiger partial charge in [-0.3, -0.25) is 19.2 Å². The number of nitrogens with zero attached hydrogens (tertiary/aromatic N) is 1. The highest BCUT2D eigenvalue weighted by Gasteiger charge is 2.60. The lowest BCUT2D eigenvalue weighted by molar-refractivity contribution is -0.145. The Kier molecular flexibility index (Phi) is 10.4. The van der Waals surface area contributed by atoms with Crippen molar-refractivity contribution in [3.63, 3.8) is 0 Å². The summed E-state index contributed by atoms with van der Waals surface area (Å²) in [5, 5.41) is 8.10. The van der Waals surface area contributed by atoms with Gasteiger partial charge in [-0.05, 0) is 60.7 Å². The maximum absolute atomic E-state index is 14.2. The normalized spacial score (nSPS) is 26.6. The molecule has 2 aliphatic carbocycles. The predicted octanol–water partition coefficient (Wildman–Crippen LogP) is 2.81. The summed E-state index contributed by atoms with van der Waals surface area (Å²) in [5.41, 5.74) is -0.643. The van der Waals surface area contributed by atoms with E-state index in [-0.39, 0.29) is 36.8 Å². The second-order valence-corrected chi connectivity index (χ2v) is 13.2. The second kappa shape index (κ2) is 13.2. The molecule has 0 radical (unpaired) electrons. The number of ether oxygens (including phenoxy) is 1. The van der Waals surface area contributed by atoms with Gasteiger partial charge in [-0.2, -0.15) is 0 Å². The summed E-state index contributed by atoms with van der Waals surface area (Å²) in [6, 6.07) is -2.66. The van der Waals surface area contributed by atoms with Gasteiger partial charge in [-0.25, -0.2) is 4.79 Å². The number of Topliss-reactive ketones (excluding diaryl/α,β-unsaturated/α-hetero) is 1. The molecule has 10 nitrogen and oxygen atoms in total. The van der Waals surface area contributed by atoms with Gasteiger partial charge >= 0.3 is 6.09 Å². The number of alkyl carbamates (subject to hydrolysis) is 1. The monoisotopic (exact) mass is 560 g/mol. The number of ketones is 1. The molecule has 0 aromatic carbocycles. The van der Waals surface area contributed by atoms with Crippen LogP contribution in [-0.2, 0) is 23.9 Å². The zero-order valence-corrected chi connectivity index (χ0v) is 25.0. The number of hydrogen-bond donors (Lipinski definition) is 3. The minimum Gasteiger partial charge on any atom is -0.449 e. The number of rotatable bonds is 12. The fourth-order valence-corrected chi connectivity index (χ4v) is 6.75. The molecule has 2 bridgehead atoms. The van der Waals surface area contributed by atoms with E-state index >= 15 is 0 Å². The molecule has 6 unspecified atom stereocenters. The molecule has 1 saturated heterocycles. The van der Waals surface area contributed by atoms with E-state index in [9.17, 15) is 24.0 Å². The summed E-state index contributed by atoms with van der Waals surface area (Å²) in [6.07, 6.45) is 4.86. The molecule has 1 heterocycles. The molecular formula is C30H48N4O6. The minimum absolute atomic E-state index is 0.0109. The maximum atomic E-state index is 14.2. The minimum atomic E-state index is -0.987. The Labute approximate surface area is 238 Å². The molecule has 0 aromatic heterocycles.